The SMILES string of the molecule is Cl.c1cc(NC2CCNCC2)c(NCc2ccc3nccnc3c2)cn1. The highest BCUT2D eigenvalue weighted by Crippen LogP contribution is 2.23. The number of benzene rings is 1. The second-order valence-corrected chi connectivity index (χ2v) is 6.32. The van der Waals surface area contributed by atoms with Crippen LogP contribution in [-0.4, -0.2) is 34.1 Å². The van der Waals surface area contributed by atoms with Crippen LogP contribution in [0.5, 0.6) is 0 Å². The molecule has 0 radical (unpaired) electrons. The van der Waals surface area contributed by atoms with E-state index in [1.54, 1.807) is 12.4 Å². The predicted octanol–water partition coefficient (Wildman–Crippen LogP) is 3.22. The molecule has 1 aliphatic heterocycles. The molecule has 0 bridgehead atoms. The molecule has 0 amide bonds. The second kappa shape index (κ2) is 8.78. The Morgan fingerprint density at radius 1 is 0.962 bits per heavy atom. The average molecular weight is 371 g/mol. The molecule has 0 atom stereocenters. The molecule has 0 saturated carbocycles. The zero-order chi connectivity index (χ0) is 16.9. The third-order valence-electron chi connectivity index (χ3n) is 4.54. The highest BCUT2D eigenvalue weighted by Gasteiger charge is 2.14. The van der Waals surface area contributed by atoms with Gasteiger partial charge in [-0.3, -0.25) is 15.0 Å². The van der Waals surface area contributed by atoms with Crippen molar-refractivity contribution in [3.63, 3.8) is 0 Å². The van der Waals surface area contributed by atoms with Crippen LogP contribution in [0.2, 0.25) is 0 Å². The number of pyridine rings is 1. The van der Waals surface area contributed by atoms with Gasteiger partial charge < -0.3 is 16.0 Å². The van der Waals surface area contributed by atoms with Crippen molar-refractivity contribution in [3.8, 4) is 0 Å². The first-order chi connectivity index (χ1) is 12.4. The van der Waals surface area contributed by atoms with Crippen molar-refractivity contribution in [1.82, 2.24) is 20.3 Å². The fourth-order valence-electron chi connectivity index (χ4n) is 3.16. The lowest BCUT2D eigenvalue weighted by Gasteiger charge is -2.25. The van der Waals surface area contributed by atoms with E-state index in [9.17, 15) is 0 Å². The quantitative estimate of drug-likeness (QED) is 0.640. The van der Waals surface area contributed by atoms with Gasteiger partial charge in [0.05, 0.1) is 28.6 Å². The zero-order valence-electron chi connectivity index (χ0n) is 14.5. The van der Waals surface area contributed by atoms with Gasteiger partial charge in [-0.25, -0.2) is 0 Å². The normalized spacial score (nSPS) is 14.6. The first-order valence-electron chi connectivity index (χ1n) is 8.73. The molecule has 0 aliphatic carbocycles. The number of rotatable bonds is 5. The second-order valence-electron chi connectivity index (χ2n) is 6.32. The van der Waals surface area contributed by atoms with Crippen LogP contribution >= 0.6 is 12.4 Å². The van der Waals surface area contributed by atoms with Crippen LogP contribution in [0.4, 0.5) is 11.4 Å². The number of nitrogens with zero attached hydrogens (tertiary/aromatic N) is 3. The minimum Gasteiger partial charge on any atom is -0.380 e. The monoisotopic (exact) mass is 370 g/mol. The Hall–Kier alpha value is -2.44. The summed E-state index contributed by atoms with van der Waals surface area (Å²) in [5.41, 5.74) is 5.15. The van der Waals surface area contributed by atoms with Crippen LogP contribution in [0.3, 0.4) is 0 Å². The molecule has 26 heavy (non-hydrogen) atoms. The van der Waals surface area contributed by atoms with E-state index in [4.69, 9.17) is 0 Å². The van der Waals surface area contributed by atoms with Crippen molar-refractivity contribution in [2.24, 2.45) is 0 Å². The molecule has 6 nitrogen and oxygen atoms in total. The van der Waals surface area contributed by atoms with Crippen molar-refractivity contribution in [3.05, 3.63) is 54.6 Å². The summed E-state index contributed by atoms with van der Waals surface area (Å²) in [5, 5.41) is 10.5. The third-order valence-corrected chi connectivity index (χ3v) is 4.54. The van der Waals surface area contributed by atoms with Crippen molar-refractivity contribution < 1.29 is 0 Å². The molecule has 1 saturated heterocycles. The lowest BCUT2D eigenvalue weighted by molar-refractivity contribution is 0.479. The molecule has 1 aromatic carbocycles. The Labute approximate surface area is 159 Å². The van der Waals surface area contributed by atoms with E-state index in [0.29, 0.717) is 6.04 Å². The highest BCUT2D eigenvalue weighted by molar-refractivity contribution is 5.85. The fraction of sp³-hybridized carbons (Fsp3) is 0.316. The number of fused-ring (bicyclic) bond motifs is 1. The fourth-order valence-corrected chi connectivity index (χ4v) is 3.16. The molecule has 2 aromatic heterocycles. The van der Waals surface area contributed by atoms with E-state index in [1.165, 1.54) is 5.56 Å². The summed E-state index contributed by atoms with van der Waals surface area (Å²) in [6.07, 6.45) is 9.44. The summed E-state index contributed by atoms with van der Waals surface area (Å²) in [6, 6.07) is 8.72. The molecule has 7 heteroatoms. The summed E-state index contributed by atoms with van der Waals surface area (Å²) < 4.78 is 0. The molecule has 1 fully saturated rings. The van der Waals surface area contributed by atoms with Gasteiger partial charge in [0, 0.05) is 31.2 Å². The van der Waals surface area contributed by atoms with Crippen molar-refractivity contribution in [2.75, 3.05) is 23.7 Å². The Bertz CT molecular complexity index is 850. The molecule has 3 heterocycles. The lowest BCUT2D eigenvalue weighted by atomic mass is 10.1. The van der Waals surface area contributed by atoms with Gasteiger partial charge in [0.25, 0.3) is 0 Å². The molecule has 0 unspecified atom stereocenters. The molecular weight excluding hydrogens is 348 g/mol. The summed E-state index contributed by atoms with van der Waals surface area (Å²) in [6.45, 7) is 2.87. The molecule has 3 N–H and O–H groups in total. The maximum Gasteiger partial charge on any atom is 0.0890 e. The predicted molar refractivity (Wildman–Crippen MR) is 108 cm³/mol. The van der Waals surface area contributed by atoms with Crippen LogP contribution in [-0.2, 0) is 6.54 Å². The van der Waals surface area contributed by atoms with Crippen molar-refractivity contribution in [1.29, 1.82) is 0 Å². The first kappa shape index (κ1) is 18.4. The Morgan fingerprint density at radius 3 is 2.62 bits per heavy atom. The topological polar surface area (TPSA) is 74.8 Å². The molecule has 0 spiro atoms. The van der Waals surface area contributed by atoms with Crippen LogP contribution in [0, 0.1) is 0 Å². The highest BCUT2D eigenvalue weighted by atomic mass is 35.5. The molecule has 136 valence electrons. The van der Waals surface area contributed by atoms with Gasteiger partial charge in [0.2, 0.25) is 0 Å². The van der Waals surface area contributed by atoms with Gasteiger partial charge in [0.1, 0.15) is 0 Å². The van der Waals surface area contributed by atoms with Crippen LogP contribution < -0.4 is 16.0 Å². The maximum atomic E-state index is 4.37. The zero-order valence-corrected chi connectivity index (χ0v) is 15.3. The van der Waals surface area contributed by atoms with Crippen molar-refractivity contribution in [2.45, 2.75) is 25.4 Å². The van der Waals surface area contributed by atoms with E-state index in [-0.39, 0.29) is 12.4 Å². The van der Waals surface area contributed by atoms with E-state index >= 15 is 0 Å². The molecule has 1 aliphatic rings. The Kier molecular flexibility index (Phi) is 6.20. The van der Waals surface area contributed by atoms with Gasteiger partial charge in [-0.15, -0.1) is 12.4 Å². The van der Waals surface area contributed by atoms with Crippen LogP contribution in [0.15, 0.2) is 49.1 Å². The number of hydrogen-bond donors (Lipinski definition) is 3. The summed E-state index contributed by atoms with van der Waals surface area (Å²) in [5.74, 6) is 0. The number of halogens is 1. The van der Waals surface area contributed by atoms with E-state index in [1.807, 2.05) is 24.5 Å². The number of aromatic nitrogens is 3. The van der Waals surface area contributed by atoms with E-state index in [0.717, 1.165) is 54.9 Å². The summed E-state index contributed by atoms with van der Waals surface area (Å²) in [4.78, 5) is 12.9. The van der Waals surface area contributed by atoms with Crippen LogP contribution in [0.25, 0.3) is 11.0 Å². The summed E-state index contributed by atoms with van der Waals surface area (Å²) >= 11 is 0. The lowest BCUT2D eigenvalue weighted by Crippen LogP contribution is -2.35. The third kappa shape index (κ3) is 4.39. The Morgan fingerprint density at radius 2 is 1.77 bits per heavy atom. The van der Waals surface area contributed by atoms with Gasteiger partial charge in [0.15, 0.2) is 0 Å². The smallest absolute Gasteiger partial charge is 0.0890 e. The minimum absolute atomic E-state index is 0. The maximum absolute atomic E-state index is 4.37. The van der Waals surface area contributed by atoms with Gasteiger partial charge >= 0.3 is 0 Å². The average Bonchev–Trinajstić information content (AvgIpc) is 2.68. The molecule has 3 aromatic rings. The molecule has 4 rings (SSSR count). The Balaban J connectivity index is 0.00000196. The number of anilines is 2. The first-order valence-corrected chi connectivity index (χ1v) is 8.73. The van der Waals surface area contributed by atoms with Gasteiger partial charge in [-0.2, -0.15) is 0 Å². The van der Waals surface area contributed by atoms with E-state index in [2.05, 4.69) is 43.0 Å². The molecular formula is C19H23ClN6. The van der Waals surface area contributed by atoms with Gasteiger partial charge in [-0.05, 0) is 49.7 Å². The largest absolute Gasteiger partial charge is 0.380 e. The minimum atomic E-state index is 0. The number of nitrogens with one attached hydrogen (secondary N) is 3. The number of hydrogen-bond acceptors (Lipinski definition) is 6. The van der Waals surface area contributed by atoms with Gasteiger partial charge in [-0.1, -0.05) is 6.07 Å². The van der Waals surface area contributed by atoms with E-state index < -0.39 is 0 Å². The van der Waals surface area contributed by atoms with Crippen molar-refractivity contribution >= 4 is 34.8 Å². The standard InChI is InChI=1S/C19H22N6.ClH/c1-2-16-18(23-10-9-22-16)11-14(1)12-24-19-13-21-8-5-17(19)25-15-3-6-20-7-4-15;/h1-2,5,8-11,13,15,20,24H,3-4,6-7,12H2,(H,21,25);1H. The summed E-state index contributed by atoms with van der Waals surface area (Å²) in [7, 11) is 0. The van der Waals surface area contributed by atoms with Crippen LogP contribution in [0.1, 0.15) is 18.4 Å². The number of piperidine rings is 1.